The molecule has 0 unspecified atom stereocenters. The second kappa shape index (κ2) is 4.39. The van der Waals surface area contributed by atoms with Gasteiger partial charge in [-0.2, -0.15) is 0 Å². The van der Waals surface area contributed by atoms with Gasteiger partial charge in [0.15, 0.2) is 0 Å². The van der Waals surface area contributed by atoms with Crippen molar-refractivity contribution in [3.8, 4) is 5.75 Å². The highest BCUT2D eigenvalue weighted by atomic mass is 16.5. The fraction of sp³-hybridized carbons (Fsp3) is 0.176. The molecule has 2 heterocycles. The van der Waals surface area contributed by atoms with Gasteiger partial charge in [0.2, 0.25) is 0 Å². The van der Waals surface area contributed by atoms with Crippen LogP contribution in [0, 0.1) is 0 Å². The molecule has 3 nitrogen and oxygen atoms in total. The van der Waals surface area contributed by atoms with E-state index in [4.69, 9.17) is 9.47 Å². The number of hydrogen-bond donors (Lipinski definition) is 1. The topological polar surface area (TPSA) is 38.7 Å². The Morgan fingerprint density at radius 2 is 2.10 bits per heavy atom. The molecule has 0 spiro atoms. The summed E-state index contributed by atoms with van der Waals surface area (Å²) in [4.78, 5) is 0. The van der Waals surface area contributed by atoms with Gasteiger partial charge in [-0.05, 0) is 47.1 Å². The monoisotopic (exact) mass is 266 g/mol. The number of rotatable bonds is 0. The van der Waals surface area contributed by atoms with Gasteiger partial charge < -0.3 is 14.6 Å². The SMILES string of the molecule is OC1=Cc2c3c(ccc2=C2COCCC2=C1)=CC=CO3. The van der Waals surface area contributed by atoms with Crippen LogP contribution >= 0.6 is 0 Å². The first-order valence-electron chi connectivity index (χ1n) is 6.72. The third kappa shape index (κ3) is 1.71. The zero-order valence-electron chi connectivity index (χ0n) is 10.9. The van der Waals surface area contributed by atoms with Gasteiger partial charge in [0.25, 0.3) is 0 Å². The molecule has 1 aromatic carbocycles. The standard InChI is InChI=1S/C17H14O3/c18-13-8-12-5-7-19-10-16(12)14-4-3-11-2-1-6-20-17(11)15(14)9-13/h1-4,6,8-9,18H,5,7,10H2. The summed E-state index contributed by atoms with van der Waals surface area (Å²) in [6.07, 6.45) is 9.98. The molecule has 2 aliphatic heterocycles. The van der Waals surface area contributed by atoms with Crippen LogP contribution in [0.3, 0.4) is 0 Å². The molecular weight excluding hydrogens is 252 g/mol. The first kappa shape index (κ1) is 11.6. The summed E-state index contributed by atoms with van der Waals surface area (Å²) in [5.74, 6) is 1.06. The zero-order valence-corrected chi connectivity index (χ0v) is 10.9. The zero-order chi connectivity index (χ0) is 13.5. The lowest BCUT2D eigenvalue weighted by atomic mass is 9.97. The van der Waals surface area contributed by atoms with Crippen molar-refractivity contribution in [1.82, 2.24) is 0 Å². The number of hydrogen-bond acceptors (Lipinski definition) is 3. The fourth-order valence-electron chi connectivity index (χ4n) is 2.91. The summed E-state index contributed by atoms with van der Waals surface area (Å²) >= 11 is 0. The molecule has 100 valence electrons. The molecule has 0 saturated carbocycles. The second-order valence-electron chi connectivity index (χ2n) is 5.08. The summed E-state index contributed by atoms with van der Waals surface area (Å²) in [5.41, 5.74) is 3.22. The normalized spacial score (nSPS) is 19.5. The van der Waals surface area contributed by atoms with Crippen molar-refractivity contribution < 1.29 is 14.6 Å². The minimum Gasteiger partial charge on any atom is -0.508 e. The van der Waals surface area contributed by atoms with Gasteiger partial charge in [0.05, 0.1) is 19.5 Å². The predicted octanol–water partition coefficient (Wildman–Crippen LogP) is 1.78. The third-order valence-electron chi connectivity index (χ3n) is 3.86. The number of allylic oxidation sites excluding steroid dienone is 2. The van der Waals surface area contributed by atoms with Gasteiger partial charge >= 0.3 is 0 Å². The van der Waals surface area contributed by atoms with Crippen molar-refractivity contribution in [1.29, 1.82) is 0 Å². The Hall–Kier alpha value is -2.26. The van der Waals surface area contributed by atoms with Crippen LogP contribution < -0.4 is 15.2 Å². The van der Waals surface area contributed by atoms with Gasteiger partial charge in [-0.3, -0.25) is 0 Å². The highest BCUT2D eigenvalue weighted by Gasteiger charge is 2.19. The molecular formula is C17H14O3. The average Bonchev–Trinajstić information content (AvgIpc) is 2.62. The van der Waals surface area contributed by atoms with Crippen LogP contribution in [-0.2, 0) is 4.74 Å². The van der Waals surface area contributed by atoms with Gasteiger partial charge in [0.1, 0.15) is 11.5 Å². The van der Waals surface area contributed by atoms with Gasteiger partial charge in [-0.25, -0.2) is 0 Å². The maximum Gasteiger partial charge on any atom is 0.141 e. The molecule has 1 fully saturated rings. The molecule has 1 N–H and O–H groups in total. The Morgan fingerprint density at radius 3 is 3.05 bits per heavy atom. The summed E-state index contributed by atoms with van der Waals surface area (Å²) < 4.78 is 11.2. The number of benzene rings is 1. The van der Waals surface area contributed by atoms with E-state index in [-0.39, 0.29) is 5.76 Å². The van der Waals surface area contributed by atoms with Crippen LogP contribution in [0.4, 0.5) is 0 Å². The molecule has 0 amide bonds. The minimum absolute atomic E-state index is 0.268. The Bertz CT molecular complexity index is 794. The van der Waals surface area contributed by atoms with E-state index in [0.717, 1.165) is 39.3 Å². The first-order chi connectivity index (χ1) is 9.83. The molecule has 4 rings (SSSR count). The number of aliphatic hydroxyl groups is 1. The third-order valence-corrected chi connectivity index (χ3v) is 3.86. The summed E-state index contributed by atoms with van der Waals surface area (Å²) in [5, 5.41) is 12.2. The van der Waals surface area contributed by atoms with E-state index in [1.54, 1.807) is 12.3 Å². The molecule has 0 aromatic heterocycles. The molecule has 0 radical (unpaired) electrons. The van der Waals surface area contributed by atoms with Crippen LogP contribution in [0.2, 0.25) is 0 Å². The van der Waals surface area contributed by atoms with Crippen LogP contribution in [0.5, 0.6) is 5.75 Å². The minimum atomic E-state index is 0.268. The van der Waals surface area contributed by atoms with Crippen molar-refractivity contribution in [2.24, 2.45) is 0 Å². The van der Waals surface area contributed by atoms with Gasteiger partial charge in [0, 0.05) is 10.8 Å². The molecule has 3 heteroatoms. The number of aliphatic hydroxyl groups excluding tert-OH is 1. The Kier molecular flexibility index (Phi) is 2.54. The molecule has 3 aliphatic rings. The van der Waals surface area contributed by atoms with Crippen molar-refractivity contribution >= 4 is 17.7 Å². The van der Waals surface area contributed by atoms with Crippen molar-refractivity contribution in [2.75, 3.05) is 13.2 Å². The number of fused-ring (bicyclic) bond motifs is 4. The maximum atomic E-state index is 10.1. The van der Waals surface area contributed by atoms with E-state index in [0.29, 0.717) is 13.2 Å². The van der Waals surface area contributed by atoms with E-state index < -0.39 is 0 Å². The lowest BCUT2D eigenvalue weighted by Crippen LogP contribution is -2.23. The quantitative estimate of drug-likeness (QED) is 0.778. The molecule has 0 atom stereocenters. The van der Waals surface area contributed by atoms with Crippen molar-refractivity contribution in [2.45, 2.75) is 6.42 Å². The highest BCUT2D eigenvalue weighted by molar-refractivity contribution is 5.76. The van der Waals surface area contributed by atoms with Crippen LogP contribution in [0.1, 0.15) is 12.0 Å². The Morgan fingerprint density at radius 1 is 1.15 bits per heavy atom. The van der Waals surface area contributed by atoms with Crippen LogP contribution in [0.15, 0.2) is 41.9 Å². The van der Waals surface area contributed by atoms with Crippen molar-refractivity contribution in [3.05, 3.63) is 57.9 Å². The van der Waals surface area contributed by atoms with Gasteiger partial charge in [-0.15, -0.1) is 0 Å². The highest BCUT2D eigenvalue weighted by Crippen LogP contribution is 2.27. The molecule has 20 heavy (non-hydrogen) atoms. The second-order valence-corrected chi connectivity index (χ2v) is 5.08. The summed E-state index contributed by atoms with van der Waals surface area (Å²) in [6, 6.07) is 4.13. The van der Waals surface area contributed by atoms with Gasteiger partial charge in [-0.1, -0.05) is 12.1 Å². The number of ether oxygens (including phenoxy) is 2. The van der Waals surface area contributed by atoms with Crippen molar-refractivity contribution in [3.63, 3.8) is 0 Å². The largest absolute Gasteiger partial charge is 0.508 e. The maximum absolute atomic E-state index is 10.1. The van der Waals surface area contributed by atoms with Crippen LogP contribution in [0.25, 0.3) is 17.7 Å². The average molecular weight is 266 g/mol. The predicted molar refractivity (Wildman–Crippen MR) is 77.5 cm³/mol. The van der Waals surface area contributed by atoms with E-state index >= 15 is 0 Å². The molecule has 1 aromatic rings. The lowest BCUT2D eigenvalue weighted by Gasteiger charge is -2.19. The van der Waals surface area contributed by atoms with E-state index in [1.165, 1.54) is 0 Å². The fourth-order valence-corrected chi connectivity index (χ4v) is 2.91. The molecule has 0 bridgehead atoms. The van der Waals surface area contributed by atoms with E-state index in [1.807, 2.05) is 24.3 Å². The lowest BCUT2D eigenvalue weighted by molar-refractivity contribution is 0.159. The molecule has 1 aliphatic carbocycles. The van der Waals surface area contributed by atoms with E-state index in [9.17, 15) is 5.11 Å². The first-order valence-corrected chi connectivity index (χ1v) is 6.72. The summed E-state index contributed by atoms with van der Waals surface area (Å²) in [6.45, 7) is 1.29. The van der Waals surface area contributed by atoms with Crippen LogP contribution in [-0.4, -0.2) is 18.3 Å². The molecule has 1 saturated heterocycles. The van der Waals surface area contributed by atoms with E-state index in [2.05, 4.69) is 6.07 Å². The summed E-state index contributed by atoms with van der Waals surface area (Å²) in [7, 11) is 0. The Labute approximate surface area is 116 Å². The smallest absolute Gasteiger partial charge is 0.141 e. The Balaban J connectivity index is 2.10.